The van der Waals surface area contributed by atoms with Crippen LogP contribution in [0.25, 0.3) is 0 Å². The molecule has 2 aromatic rings. The Morgan fingerprint density at radius 3 is 2.44 bits per heavy atom. The van der Waals surface area contributed by atoms with Gasteiger partial charge < -0.3 is 14.6 Å². The summed E-state index contributed by atoms with van der Waals surface area (Å²) in [4.78, 5) is 13.6. The van der Waals surface area contributed by atoms with E-state index in [0.717, 1.165) is 11.1 Å². The molecule has 0 aliphatic carbocycles. The van der Waals surface area contributed by atoms with E-state index in [1.807, 2.05) is 42.5 Å². The van der Waals surface area contributed by atoms with Crippen LogP contribution in [0.2, 0.25) is 5.02 Å². The van der Waals surface area contributed by atoms with E-state index in [1.165, 1.54) is 0 Å². The summed E-state index contributed by atoms with van der Waals surface area (Å²) in [5.74, 6) is 0.356. The molecule has 5 nitrogen and oxygen atoms in total. The van der Waals surface area contributed by atoms with Crippen LogP contribution in [0.4, 0.5) is 0 Å². The van der Waals surface area contributed by atoms with Gasteiger partial charge in [-0.2, -0.15) is 0 Å². The highest BCUT2D eigenvalue weighted by Gasteiger charge is 2.32. The van der Waals surface area contributed by atoms with Crippen LogP contribution in [0.3, 0.4) is 0 Å². The van der Waals surface area contributed by atoms with Crippen LogP contribution < -0.4 is 9.47 Å². The van der Waals surface area contributed by atoms with E-state index in [1.54, 1.807) is 14.2 Å². The lowest BCUT2D eigenvalue weighted by molar-refractivity contribution is -0.143. The first kappa shape index (κ1) is 19.5. The number of para-hydroxylation sites is 1. The second-order valence-corrected chi connectivity index (χ2v) is 7.13. The smallest absolute Gasteiger partial charge is 0.306 e. The lowest BCUT2D eigenvalue weighted by Crippen LogP contribution is -2.39. The summed E-state index contributed by atoms with van der Waals surface area (Å²) in [6.45, 7) is 1.38. The molecule has 0 bridgehead atoms. The number of carboxylic acids is 1. The van der Waals surface area contributed by atoms with Crippen LogP contribution in [-0.4, -0.2) is 43.3 Å². The molecule has 6 heteroatoms. The number of piperidine rings is 1. The van der Waals surface area contributed by atoms with Crippen molar-refractivity contribution in [3.05, 3.63) is 58.6 Å². The molecule has 1 fully saturated rings. The summed E-state index contributed by atoms with van der Waals surface area (Å²) in [7, 11) is 3.25. The number of carbonyl (C=O) groups is 1. The highest BCUT2D eigenvalue weighted by Crippen LogP contribution is 2.41. The van der Waals surface area contributed by atoms with Crippen molar-refractivity contribution in [2.45, 2.75) is 18.9 Å². The zero-order valence-electron chi connectivity index (χ0n) is 15.5. The third-order valence-corrected chi connectivity index (χ3v) is 5.37. The van der Waals surface area contributed by atoms with Gasteiger partial charge in [-0.3, -0.25) is 9.69 Å². The number of methoxy groups -OCH3 is 2. The molecule has 1 heterocycles. The molecule has 2 aromatic carbocycles. The second kappa shape index (κ2) is 8.63. The van der Waals surface area contributed by atoms with Crippen LogP contribution in [0, 0.1) is 5.92 Å². The highest BCUT2D eigenvalue weighted by atomic mass is 35.5. The molecule has 0 aromatic heterocycles. The number of halogens is 1. The Bertz CT molecular complexity index is 803. The Kier molecular flexibility index (Phi) is 6.24. The van der Waals surface area contributed by atoms with Gasteiger partial charge in [-0.25, -0.2) is 0 Å². The van der Waals surface area contributed by atoms with Crippen molar-refractivity contribution in [1.82, 2.24) is 4.90 Å². The van der Waals surface area contributed by atoms with Gasteiger partial charge in [0, 0.05) is 10.6 Å². The van der Waals surface area contributed by atoms with Crippen molar-refractivity contribution in [2.24, 2.45) is 5.92 Å². The summed E-state index contributed by atoms with van der Waals surface area (Å²) >= 11 is 6.26. The third kappa shape index (κ3) is 4.20. The first-order valence-corrected chi connectivity index (χ1v) is 9.36. The molecule has 1 aliphatic heterocycles. The zero-order valence-corrected chi connectivity index (χ0v) is 16.3. The molecule has 1 saturated heterocycles. The molecule has 0 amide bonds. The molecule has 3 rings (SSSR count). The van der Waals surface area contributed by atoms with E-state index < -0.39 is 5.97 Å². The van der Waals surface area contributed by atoms with Crippen molar-refractivity contribution in [2.75, 3.05) is 27.3 Å². The Labute approximate surface area is 164 Å². The molecule has 1 N–H and O–H groups in total. The fraction of sp³-hybridized carbons (Fsp3) is 0.381. The number of hydrogen-bond acceptors (Lipinski definition) is 4. The highest BCUT2D eigenvalue weighted by molar-refractivity contribution is 6.30. The van der Waals surface area contributed by atoms with Crippen LogP contribution in [0.15, 0.2) is 42.5 Å². The van der Waals surface area contributed by atoms with E-state index in [-0.39, 0.29) is 12.0 Å². The van der Waals surface area contributed by atoms with Gasteiger partial charge in [-0.1, -0.05) is 35.9 Å². The van der Waals surface area contributed by atoms with Gasteiger partial charge in [0.2, 0.25) is 0 Å². The Morgan fingerprint density at radius 2 is 1.85 bits per heavy atom. The van der Waals surface area contributed by atoms with Crippen LogP contribution in [0.5, 0.6) is 11.5 Å². The van der Waals surface area contributed by atoms with Crippen molar-refractivity contribution >= 4 is 17.6 Å². The minimum absolute atomic E-state index is 0.0940. The van der Waals surface area contributed by atoms with Gasteiger partial charge in [-0.05, 0) is 49.7 Å². The Hall–Kier alpha value is -2.24. The number of ether oxygens (including phenoxy) is 2. The fourth-order valence-corrected chi connectivity index (χ4v) is 3.99. The maximum Gasteiger partial charge on any atom is 0.306 e. The van der Waals surface area contributed by atoms with Crippen molar-refractivity contribution < 1.29 is 19.4 Å². The standard InChI is InChI=1S/C21H24ClNO4/c1-26-18-8-4-7-17(20(18)27-2)19(15-5-3-6-16(22)13-15)23-11-9-14(10-12-23)21(24)25/h3-8,13-14,19H,9-12H2,1-2H3,(H,24,25). The molecule has 0 spiro atoms. The minimum atomic E-state index is -0.715. The van der Waals surface area contributed by atoms with Crippen LogP contribution >= 0.6 is 11.6 Å². The quantitative estimate of drug-likeness (QED) is 0.800. The predicted molar refractivity (Wildman–Crippen MR) is 105 cm³/mol. The predicted octanol–water partition coefficient (Wildman–Crippen LogP) is 4.24. The molecular formula is C21H24ClNO4. The topological polar surface area (TPSA) is 59.0 Å². The molecular weight excluding hydrogens is 366 g/mol. The lowest BCUT2D eigenvalue weighted by atomic mass is 9.91. The summed E-state index contributed by atoms with van der Waals surface area (Å²) in [5, 5.41) is 9.98. The average molecular weight is 390 g/mol. The normalized spacial score (nSPS) is 16.7. The van der Waals surface area contributed by atoms with E-state index in [2.05, 4.69) is 4.90 Å². The van der Waals surface area contributed by atoms with Crippen LogP contribution in [0.1, 0.15) is 30.0 Å². The number of carboxylic acid groups (broad SMARTS) is 1. The van der Waals surface area contributed by atoms with Gasteiger partial charge >= 0.3 is 5.97 Å². The fourth-order valence-electron chi connectivity index (χ4n) is 3.80. The molecule has 0 radical (unpaired) electrons. The zero-order chi connectivity index (χ0) is 19.4. The van der Waals surface area contributed by atoms with Gasteiger partial charge in [-0.15, -0.1) is 0 Å². The third-order valence-electron chi connectivity index (χ3n) is 5.14. The summed E-state index contributed by atoms with van der Waals surface area (Å²) in [5.41, 5.74) is 2.02. The van der Waals surface area contributed by atoms with E-state index in [0.29, 0.717) is 42.5 Å². The average Bonchev–Trinajstić information content (AvgIpc) is 2.68. The first-order chi connectivity index (χ1) is 13.0. The van der Waals surface area contributed by atoms with Crippen molar-refractivity contribution in [3.8, 4) is 11.5 Å². The molecule has 0 saturated carbocycles. The monoisotopic (exact) mass is 389 g/mol. The van der Waals surface area contributed by atoms with Crippen LogP contribution in [-0.2, 0) is 4.79 Å². The number of benzene rings is 2. The molecule has 27 heavy (non-hydrogen) atoms. The number of likely N-dealkylation sites (tertiary alicyclic amines) is 1. The van der Waals surface area contributed by atoms with Crippen molar-refractivity contribution in [3.63, 3.8) is 0 Å². The molecule has 144 valence electrons. The Morgan fingerprint density at radius 1 is 1.15 bits per heavy atom. The number of nitrogens with zero attached hydrogens (tertiary/aromatic N) is 1. The summed E-state index contributed by atoms with van der Waals surface area (Å²) in [6, 6.07) is 13.5. The summed E-state index contributed by atoms with van der Waals surface area (Å²) in [6.07, 6.45) is 1.25. The number of hydrogen-bond donors (Lipinski definition) is 1. The van der Waals surface area contributed by atoms with Gasteiger partial charge in [0.15, 0.2) is 11.5 Å². The van der Waals surface area contributed by atoms with Gasteiger partial charge in [0.1, 0.15) is 0 Å². The molecule has 1 atom stereocenters. The maximum absolute atomic E-state index is 11.3. The SMILES string of the molecule is COc1cccc(C(c2cccc(Cl)c2)N2CCC(C(=O)O)CC2)c1OC. The minimum Gasteiger partial charge on any atom is -0.493 e. The molecule has 1 unspecified atom stereocenters. The van der Waals surface area contributed by atoms with Crippen molar-refractivity contribution in [1.29, 1.82) is 0 Å². The molecule has 1 aliphatic rings. The lowest BCUT2D eigenvalue weighted by Gasteiger charge is -2.37. The number of rotatable bonds is 6. The van der Waals surface area contributed by atoms with Gasteiger partial charge in [0.05, 0.1) is 26.2 Å². The second-order valence-electron chi connectivity index (χ2n) is 6.69. The summed E-state index contributed by atoms with van der Waals surface area (Å²) < 4.78 is 11.1. The van der Waals surface area contributed by atoms with E-state index in [4.69, 9.17) is 21.1 Å². The van der Waals surface area contributed by atoms with E-state index >= 15 is 0 Å². The Balaban J connectivity index is 2.03. The maximum atomic E-state index is 11.3. The largest absolute Gasteiger partial charge is 0.493 e. The van der Waals surface area contributed by atoms with Gasteiger partial charge in [0.25, 0.3) is 0 Å². The van der Waals surface area contributed by atoms with E-state index in [9.17, 15) is 9.90 Å². The first-order valence-electron chi connectivity index (χ1n) is 8.98. The number of aliphatic carboxylic acids is 1.